The van der Waals surface area contributed by atoms with Crippen molar-refractivity contribution in [2.24, 2.45) is 5.73 Å². The normalized spacial score (nSPS) is 13.1. The van der Waals surface area contributed by atoms with Gasteiger partial charge in [-0.25, -0.2) is 0 Å². The minimum absolute atomic E-state index is 0.387. The van der Waals surface area contributed by atoms with Gasteiger partial charge >= 0.3 is 0 Å². The molecule has 0 aliphatic rings. The summed E-state index contributed by atoms with van der Waals surface area (Å²) in [5.41, 5.74) is 7.64. The molecule has 5 heteroatoms. The summed E-state index contributed by atoms with van der Waals surface area (Å²) in [6.45, 7) is 0. The molecule has 0 bridgehead atoms. The van der Waals surface area contributed by atoms with Crippen molar-refractivity contribution >= 4 is 38.5 Å². The molecule has 0 spiro atoms. The van der Waals surface area contributed by atoms with Gasteiger partial charge in [-0.1, -0.05) is 23.7 Å². The maximum Gasteiger partial charge on any atom is 0.174 e. The Labute approximate surface area is 117 Å². The van der Waals surface area contributed by atoms with Crippen LogP contribution in [0.2, 0.25) is 5.02 Å². The minimum Gasteiger partial charge on any atom is -0.457 e. The van der Waals surface area contributed by atoms with E-state index in [0.717, 1.165) is 10.9 Å². The van der Waals surface area contributed by atoms with Crippen LogP contribution in [-0.2, 0) is 0 Å². The zero-order chi connectivity index (χ0) is 12.7. The molecule has 1 atom stereocenters. The maximum atomic E-state index is 6.15. The SMILES string of the molecule is NC(c1cc2cccc(Cl)c2o1)c1ccoc1Br. The Kier molecular flexibility index (Phi) is 2.93. The molecule has 0 saturated carbocycles. The average Bonchev–Trinajstić information content (AvgIpc) is 2.95. The second-order valence-electron chi connectivity index (χ2n) is 3.93. The van der Waals surface area contributed by atoms with Gasteiger partial charge < -0.3 is 14.6 Å². The van der Waals surface area contributed by atoms with Crippen LogP contribution in [-0.4, -0.2) is 0 Å². The summed E-state index contributed by atoms with van der Waals surface area (Å²) in [6.07, 6.45) is 1.58. The lowest BCUT2D eigenvalue weighted by Gasteiger charge is -2.05. The molecule has 3 nitrogen and oxygen atoms in total. The predicted octanol–water partition coefficient (Wildman–Crippen LogP) is 4.49. The Bertz CT molecular complexity index is 704. The highest BCUT2D eigenvalue weighted by atomic mass is 79.9. The van der Waals surface area contributed by atoms with Crippen LogP contribution in [0.4, 0.5) is 0 Å². The summed E-state index contributed by atoms with van der Waals surface area (Å²) >= 11 is 9.38. The van der Waals surface area contributed by atoms with Gasteiger partial charge in [0.15, 0.2) is 10.3 Å². The molecule has 0 fully saturated rings. The lowest BCUT2D eigenvalue weighted by atomic mass is 10.1. The van der Waals surface area contributed by atoms with Crippen LogP contribution in [0.5, 0.6) is 0 Å². The van der Waals surface area contributed by atoms with E-state index in [0.29, 0.717) is 21.0 Å². The summed E-state index contributed by atoms with van der Waals surface area (Å²) in [5, 5.41) is 1.52. The van der Waals surface area contributed by atoms with Crippen molar-refractivity contribution in [2.75, 3.05) is 0 Å². The predicted molar refractivity (Wildman–Crippen MR) is 73.7 cm³/mol. The summed E-state index contributed by atoms with van der Waals surface area (Å²) in [4.78, 5) is 0. The quantitative estimate of drug-likeness (QED) is 0.755. The molecule has 18 heavy (non-hydrogen) atoms. The number of hydrogen-bond donors (Lipinski definition) is 1. The molecule has 3 rings (SSSR count). The fraction of sp³-hybridized carbons (Fsp3) is 0.0769. The zero-order valence-corrected chi connectivity index (χ0v) is 11.5. The van der Waals surface area contributed by atoms with Crippen LogP contribution in [0.15, 0.2) is 50.1 Å². The van der Waals surface area contributed by atoms with E-state index in [9.17, 15) is 0 Å². The number of hydrogen-bond acceptors (Lipinski definition) is 3. The second kappa shape index (κ2) is 4.46. The maximum absolute atomic E-state index is 6.15. The number of furan rings is 2. The Morgan fingerprint density at radius 1 is 1.28 bits per heavy atom. The third kappa shape index (κ3) is 1.86. The largest absolute Gasteiger partial charge is 0.457 e. The van der Waals surface area contributed by atoms with Crippen LogP contribution >= 0.6 is 27.5 Å². The van der Waals surface area contributed by atoms with Crippen LogP contribution < -0.4 is 5.73 Å². The van der Waals surface area contributed by atoms with Crippen molar-refractivity contribution < 1.29 is 8.83 Å². The van der Waals surface area contributed by atoms with Gasteiger partial charge in [0.1, 0.15) is 5.76 Å². The highest BCUT2D eigenvalue weighted by Gasteiger charge is 2.19. The molecule has 0 amide bonds. The van der Waals surface area contributed by atoms with Gasteiger partial charge in [-0.3, -0.25) is 0 Å². The first-order chi connectivity index (χ1) is 8.66. The molecule has 1 unspecified atom stereocenters. The molecule has 2 heterocycles. The van der Waals surface area contributed by atoms with Gasteiger partial charge in [0, 0.05) is 10.9 Å². The van der Waals surface area contributed by atoms with Gasteiger partial charge in [0.2, 0.25) is 0 Å². The topological polar surface area (TPSA) is 52.3 Å². The first kappa shape index (κ1) is 11.8. The van der Waals surface area contributed by atoms with Crippen LogP contribution in [0.1, 0.15) is 17.4 Å². The Hall–Kier alpha value is -1.23. The monoisotopic (exact) mass is 325 g/mol. The van der Waals surface area contributed by atoms with Crippen molar-refractivity contribution in [3.8, 4) is 0 Å². The number of nitrogens with two attached hydrogens (primary N) is 1. The first-order valence-electron chi connectivity index (χ1n) is 5.33. The summed E-state index contributed by atoms with van der Waals surface area (Å²) in [5.74, 6) is 0.653. The van der Waals surface area contributed by atoms with Crippen molar-refractivity contribution in [3.63, 3.8) is 0 Å². The molecular weight excluding hydrogens is 318 g/mol. The smallest absolute Gasteiger partial charge is 0.174 e. The van der Waals surface area contributed by atoms with Gasteiger partial charge in [0.25, 0.3) is 0 Å². The third-order valence-corrected chi connectivity index (χ3v) is 3.75. The van der Waals surface area contributed by atoms with Crippen molar-refractivity contribution in [1.82, 2.24) is 0 Å². The van der Waals surface area contributed by atoms with Crippen LogP contribution in [0, 0.1) is 0 Å². The van der Waals surface area contributed by atoms with E-state index in [1.807, 2.05) is 24.3 Å². The van der Waals surface area contributed by atoms with Crippen molar-refractivity contribution in [2.45, 2.75) is 6.04 Å². The number of fused-ring (bicyclic) bond motifs is 1. The fourth-order valence-corrected chi connectivity index (χ4v) is 2.59. The van der Waals surface area contributed by atoms with Crippen LogP contribution in [0.25, 0.3) is 11.0 Å². The van der Waals surface area contributed by atoms with E-state index in [4.69, 9.17) is 26.2 Å². The van der Waals surface area contributed by atoms with Crippen molar-refractivity contribution in [3.05, 3.63) is 57.6 Å². The van der Waals surface area contributed by atoms with Gasteiger partial charge in [-0.2, -0.15) is 0 Å². The molecular formula is C13H9BrClNO2. The van der Waals surface area contributed by atoms with E-state index < -0.39 is 0 Å². The molecule has 0 radical (unpaired) electrons. The van der Waals surface area contributed by atoms with E-state index in [1.54, 1.807) is 12.3 Å². The molecule has 92 valence electrons. The molecule has 0 aliphatic carbocycles. The highest BCUT2D eigenvalue weighted by Crippen LogP contribution is 2.33. The van der Waals surface area contributed by atoms with Crippen molar-refractivity contribution in [1.29, 1.82) is 0 Å². The first-order valence-corrected chi connectivity index (χ1v) is 6.50. The summed E-state index contributed by atoms with van der Waals surface area (Å²) < 4.78 is 11.5. The number of rotatable bonds is 2. The van der Waals surface area contributed by atoms with E-state index >= 15 is 0 Å². The molecule has 0 saturated heterocycles. The lowest BCUT2D eigenvalue weighted by Crippen LogP contribution is -2.10. The van der Waals surface area contributed by atoms with Gasteiger partial charge in [0.05, 0.1) is 17.3 Å². The number of benzene rings is 1. The Morgan fingerprint density at radius 2 is 2.11 bits per heavy atom. The second-order valence-corrected chi connectivity index (χ2v) is 5.06. The third-order valence-electron chi connectivity index (χ3n) is 2.80. The number of para-hydroxylation sites is 1. The standard InChI is InChI=1S/C13H9BrClNO2/c14-13-8(4-5-17-13)11(16)10-6-7-2-1-3-9(15)12(7)18-10/h1-6,11H,16H2. The van der Waals surface area contributed by atoms with E-state index in [1.165, 1.54) is 0 Å². The highest BCUT2D eigenvalue weighted by molar-refractivity contribution is 9.10. The average molecular weight is 327 g/mol. The molecule has 2 N–H and O–H groups in total. The molecule has 0 aliphatic heterocycles. The fourth-order valence-electron chi connectivity index (χ4n) is 1.88. The zero-order valence-electron chi connectivity index (χ0n) is 9.19. The molecule has 2 aromatic heterocycles. The molecule has 1 aromatic carbocycles. The molecule has 3 aromatic rings. The van der Waals surface area contributed by atoms with Crippen LogP contribution in [0.3, 0.4) is 0 Å². The number of halogens is 2. The van der Waals surface area contributed by atoms with E-state index in [-0.39, 0.29) is 6.04 Å². The Balaban J connectivity index is 2.10. The summed E-state index contributed by atoms with van der Waals surface area (Å²) in [7, 11) is 0. The summed E-state index contributed by atoms with van der Waals surface area (Å²) in [6, 6.07) is 8.92. The van der Waals surface area contributed by atoms with Gasteiger partial charge in [-0.05, 0) is 34.1 Å². The lowest BCUT2D eigenvalue weighted by molar-refractivity contribution is 0.508. The minimum atomic E-state index is -0.387. The van der Waals surface area contributed by atoms with Gasteiger partial charge in [-0.15, -0.1) is 0 Å². The van der Waals surface area contributed by atoms with E-state index in [2.05, 4.69) is 15.9 Å². The Morgan fingerprint density at radius 3 is 2.78 bits per heavy atom.